The van der Waals surface area contributed by atoms with Gasteiger partial charge in [0, 0.05) is 5.02 Å². The first-order chi connectivity index (χ1) is 12.9. The van der Waals surface area contributed by atoms with Gasteiger partial charge in [-0.3, -0.25) is 9.52 Å². The molecule has 9 heteroatoms. The molecule has 1 amide bonds. The number of carbonyl (C=O) groups excluding carboxylic acids is 1. The lowest BCUT2D eigenvalue weighted by atomic mass is 10.1. The van der Waals surface area contributed by atoms with Gasteiger partial charge in [0.05, 0.1) is 24.1 Å². The van der Waals surface area contributed by atoms with Gasteiger partial charge >= 0.3 is 0 Å². The summed E-state index contributed by atoms with van der Waals surface area (Å²) in [5, 5.41) is 2.70. The highest BCUT2D eigenvalue weighted by Crippen LogP contribution is 2.24. The molecule has 27 heavy (non-hydrogen) atoms. The average Bonchev–Trinajstić information content (AvgIpc) is 3.13. The molecule has 0 atom stereocenters. The summed E-state index contributed by atoms with van der Waals surface area (Å²) in [6, 6.07) is 12.6. The molecular formula is C18H14ClFN2O4S. The number of sulfonamides is 1. The Kier molecular flexibility index (Phi) is 5.48. The fourth-order valence-electron chi connectivity index (χ4n) is 2.34. The van der Waals surface area contributed by atoms with E-state index in [0.29, 0.717) is 5.76 Å². The van der Waals surface area contributed by atoms with Crippen LogP contribution in [0.5, 0.6) is 0 Å². The minimum absolute atomic E-state index is 0.0174. The smallest absolute Gasteiger partial charge is 0.264 e. The van der Waals surface area contributed by atoms with Crippen molar-refractivity contribution < 1.29 is 22.0 Å². The van der Waals surface area contributed by atoms with E-state index in [9.17, 15) is 17.6 Å². The van der Waals surface area contributed by atoms with Crippen molar-refractivity contribution in [3.8, 4) is 0 Å². The second-order valence-corrected chi connectivity index (χ2v) is 7.58. The summed E-state index contributed by atoms with van der Waals surface area (Å²) in [5.41, 5.74) is 0.103. The highest BCUT2D eigenvalue weighted by molar-refractivity contribution is 7.92. The number of rotatable bonds is 6. The van der Waals surface area contributed by atoms with Gasteiger partial charge in [0.2, 0.25) is 0 Å². The number of carbonyl (C=O) groups is 1. The van der Waals surface area contributed by atoms with E-state index in [2.05, 4.69) is 10.0 Å². The van der Waals surface area contributed by atoms with E-state index in [0.717, 1.165) is 12.1 Å². The molecule has 1 heterocycles. The number of halogens is 2. The van der Waals surface area contributed by atoms with E-state index in [4.69, 9.17) is 16.0 Å². The second-order valence-electron chi connectivity index (χ2n) is 5.49. The monoisotopic (exact) mass is 408 g/mol. The van der Waals surface area contributed by atoms with Gasteiger partial charge in [-0.15, -0.1) is 0 Å². The van der Waals surface area contributed by atoms with Crippen LogP contribution in [-0.2, 0) is 16.6 Å². The molecule has 0 aliphatic rings. The molecule has 0 spiro atoms. The van der Waals surface area contributed by atoms with Crippen LogP contribution in [0.2, 0.25) is 5.02 Å². The van der Waals surface area contributed by atoms with Crippen molar-refractivity contribution in [2.45, 2.75) is 11.4 Å². The molecule has 0 bridgehead atoms. The number of benzene rings is 2. The fraction of sp³-hybridized carbons (Fsp3) is 0.0556. The zero-order valence-corrected chi connectivity index (χ0v) is 15.4. The van der Waals surface area contributed by atoms with Gasteiger partial charge in [-0.25, -0.2) is 12.8 Å². The van der Waals surface area contributed by atoms with Gasteiger partial charge < -0.3 is 9.73 Å². The zero-order chi connectivity index (χ0) is 19.4. The van der Waals surface area contributed by atoms with E-state index >= 15 is 0 Å². The Morgan fingerprint density at radius 3 is 2.59 bits per heavy atom. The summed E-state index contributed by atoms with van der Waals surface area (Å²) in [6.45, 7) is 0.138. The van der Waals surface area contributed by atoms with Crippen LogP contribution in [0.25, 0.3) is 0 Å². The third kappa shape index (κ3) is 4.47. The number of hydrogen-bond acceptors (Lipinski definition) is 4. The molecule has 0 saturated carbocycles. The Hall–Kier alpha value is -2.84. The molecule has 0 unspecified atom stereocenters. The lowest BCUT2D eigenvalue weighted by Crippen LogP contribution is -2.25. The van der Waals surface area contributed by atoms with Crippen LogP contribution >= 0.6 is 11.6 Å². The van der Waals surface area contributed by atoms with Crippen LogP contribution in [0.3, 0.4) is 0 Å². The summed E-state index contributed by atoms with van der Waals surface area (Å²) in [5.74, 6) is -0.958. The molecule has 0 aliphatic heterocycles. The van der Waals surface area contributed by atoms with E-state index in [-0.39, 0.29) is 22.8 Å². The first kappa shape index (κ1) is 18.9. The van der Waals surface area contributed by atoms with Crippen molar-refractivity contribution in [2.24, 2.45) is 0 Å². The minimum Gasteiger partial charge on any atom is -0.467 e. The Morgan fingerprint density at radius 1 is 1.11 bits per heavy atom. The average molecular weight is 409 g/mol. The van der Waals surface area contributed by atoms with Gasteiger partial charge in [-0.2, -0.15) is 0 Å². The SMILES string of the molecule is O=C(NCc1ccco1)c1ccccc1NS(=O)(=O)c1ccc(Cl)cc1F. The van der Waals surface area contributed by atoms with Gasteiger partial charge in [-0.1, -0.05) is 23.7 Å². The van der Waals surface area contributed by atoms with Crippen molar-refractivity contribution in [1.29, 1.82) is 0 Å². The summed E-state index contributed by atoms with van der Waals surface area (Å²) in [4.78, 5) is 11.8. The fourth-order valence-corrected chi connectivity index (χ4v) is 3.64. The van der Waals surface area contributed by atoms with E-state index < -0.39 is 26.6 Å². The van der Waals surface area contributed by atoms with Crippen LogP contribution in [-0.4, -0.2) is 14.3 Å². The van der Waals surface area contributed by atoms with Crippen LogP contribution < -0.4 is 10.0 Å². The molecule has 0 fully saturated rings. The Labute approximate surface area is 160 Å². The number of furan rings is 1. The summed E-state index contributed by atoms with van der Waals surface area (Å²) >= 11 is 5.66. The second kappa shape index (κ2) is 7.81. The molecule has 2 aromatic carbocycles. The number of hydrogen-bond donors (Lipinski definition) is 2. The standard InChI is InChI=1S/C18H14ClFN2O4S/c19-12-7-8-17(15(20)10-12)27(24,25)22-16-6-2-1-5-14(16)18(23)21-11-13-4-3-9-26-13/h1-10,22H,11H2,(H,21,23). The molecule has 6 nitrogen and oxygen atoms in total. The van der Waals surface area contributed by atoms with Crippen LogP contribution in [0.15, 0.2) is 70.2 Å². The number of anilines is 1. The van der Waals surface area contributed by atoms with Crippen LogP contribution in [0.4, 0.5) is 10.1 Å². The zero-order valence-electron chi connectivity index (χ0n) is 13.8. The van der Waals surface area contributed by atoms with E-state index in [1.54, 1.807) is 24.3 Å². The first-order valence-electron chi connectivity index (χ1n) is 7.74. The normalized spacial score (nSPS) is 11.2. The maximum Gasteiger partial charge on any atom is 0.264 e. The molecule has 1 aromatic heterocycles. The Balaban J connectivity index is 1.84. The third-order valence-corrected chi connectivity index (χ3v) is 5.24. The van der Waals surface area contributed by atoms with Crippen molar-refractivity contribution in [3.05, 3.63) is 83.0 Å². The first-order valence-corrected chi connectivity index (χ1v) is 9.60. The highest BCUT2D eigenvalue weighted by Gasteiger charge is 2.22. The Morgan fingerprint density at radius 2 is 1.89 bits per heavy atom. The van der Waals surface area contributed by atoms with E-state index in [1.165, 1.54) is 24.5 Å². The third-order valence-electron chi connectivity index (χ3n) is 3.60. The maximum absolute atomic E-state index is 14.0. The largest absolute Gasteiger partial charge is 0.467 e. The van der Waals surface area contributed by atoms with Crippen LogP contribution in [0.1, 0.15) is 16.1 Å². The van der Waals surface area contributed by atoms with Crippen molar-refractivity contribution in [1.82, 2.24) is 5.32 Å². The number of nitrogens with one attached hydrogen (secondary N) is 2. The van der Waals surface area contributed by atoms with Crippen molar-refractivity contribution in [2.75, 3.05) is 4.72 Å². The van der Waals surface area contributed by atoms with Gasteiger partial charge in [0.1, 0.15) is 16.5 Å². The lowest BCUT2D eigenvalue weighted by molar-refractivity contribution is 0.0949. The molecule has 2 N–H and O–H groups in total. The maximum atomic E-state index is 14.0. The highest BCUT2D eigenvalue weighted by atomic mass is 35.5. The summed E-state index contributed by atoms with van der Waals surface area (Å²) in [6.07, 6.45) is 1.48. The Bertz CT molecular complexity index is 1070. The summed E-state index contributed by atoms with van der Waals surface area (Å²) < 4.78 is 46.4. The van der Waals surface area contributed by atoms with Crippen molar-refractivity contribution in [3.63, 3.8) is 0 Å². The predicted molar refractivity (Wildman–Crippen MR) is 98.5 cm³/mol. The van der Waals surface area contributed by atoms with Crippen molar-refractivity contribution >= 4 is 33.2 Å². The molecule has 3 rings (SSSR count). The number of amides is 1. The number of para-hydroxylation sites is 1. The van der Waals surface area contributed by atoms with Gasteiger partial charge in [0.25, 0.3) is 15.9 Å². The quantitative estimate of drug-likeness (QED) is 0.649. The molecule has 3 aromatic rings. The topological polar surface area (TPSA) is 88.4 Å². The molecular weight excluding hydrogens is 395 g/mol. The minimum atomic E-state index is -4.26. The summed E-state index contributed by atoms with van der Waals surface area (Å²) in [7, 11) is -4.26. The predicted octanol–water partition coefficient (Wildman–Crippen LogP) is 3.80. The molecule has 0 saturated heterocycles. The molecule has 0 radical (unpaired) electrons. The van der Waals surface area contributed by atoms with Crippen LogP contribution in [0, 0.1) is 5.82 Å². The van der Waals surface area contributed by atoms with Gasteiger partial charge in [-0.05, 0) is 42.5 Å². The van der Waals surface area contributed by atoms with Gasteiger partial charge in [0.15, 0.2) is 0 Å². The molecule has 140 valence electrons. The van der Waals surface area contributed by atoms with E-state index in [1.807, 2.05) is 0 Å². The lowest BCUT2D eigenvalue weighted by Gasteiger charge is -2.13. The molecule has 0 aliphatic carbocycles.